The number of esters is 3. The largest absolute Gasteiger partial charge is 0.462 e. The van der Waals surface area contributed by atoms with Crippen molar-refractivity contribution < 1.29 is 28.6 Å². The fourth-order valence-corrected chi connectivity index (χ4v) is 8.37. The van der Waals surface area contributed by atoms with E-state index in [4.69, 9.17) is 14.2 Å². The summed E-state index contributed by atoms with van der Waals surface area (Å²) in [5.41, 5.74) is 0. The highest BCUT2D eigenvalue weighted by molar-refractivity contribution is 5.71. The van der Waals surface area contributed by atoms with Crippen molar-refractivity contribution in [2.75, 3.05) is 13.2 Å². The first kappa shape index (κ1) is 64.4. The van der Waals surface area contributed by atoms with Crippen LogP contribution in [0.5, 0.6) is 0 Å². The van der Waals surface area contributed by atoms with Crippen LogP contribution in [0.25, 0.3) is 0 Å². The first-order valence-corrected chi connectivity index (χ1v) is 29.1. The molecule has 0 aliphatic rings. The highest BCUT2D eigenvalue weighted by atomic mass is 16.6. The lowest BCUT2D eigenvalue weighted by molar-refractivity contribution is -0.167. The van der Waals surface area contributed by atoms with E-state index in [9.17, 15) is 14.4 Å². The van der Waals surface area contributed by atoms with Crippen molar-refractivity contribution in [3.63, 3.8) is 0 Å². The molecule has 0 aromatic heterocycles. The summed E-state index contributed by atoms with van der Waals surface area (Å²) in [5.74, 6) is -0.889. The van der Waals surface area contributed by atoms with Crippen molar-refractivity contribution >= 4 is 17.9 Å². The molecule has 0 aromatic carbocycles. The molecule has 0 aromatic rings. The summed E-state index contributed by atoms with van der Waals surface area (Å²) >= 11 is 0. The SMILES string of the molecule is CCCC/C=C\CCCCCCCC(=O)OC(COC(=O)CCCCCCC)COC(=O)CCCCCCCCCCCCCCCCCCCC/C=C\C/C=C\C/C=C\CCCCCCC. The normalized spacial score (nSPS) is 12.3. The summed E-state index contributed by atoms with van der Waals surface area (Å²) in [6, 6.07) is 0. The lowest BCUT2D eigenvalue weighted by Gasteiger charge is -2.18. The fourth-order valence-electron chi connectivity index (χ4n) is 8.37. The van der Waals surface area contributed by atoms with Gasteiger partial charge in [0.1, 0.15) is 13.2 Å². The summed E-state index contributed by atoms with van der Waals surface area (Å²) in [6.45, 7) is 6.51. The van der Waals surface area contributed by atoms with Gasteiger partial charge in [-0.25, -0.2) is 0 Å². The summed E-state index contributed by atoms with van der Waals surface area (Å²) in [7, 11) is 0. The lowest BCUT2D eigenvalue weighted by Crippen LogP contribution is -2.30. The summed E-state index contributed by atoms with van der Waals surface area (Å²) in [6.07, 6.45) is 68.9. The third-order valence-electron chi connectivity index (χ3n) is 12.8. The average molecular weight is 940 g/mol. The molecule has 1 atom stereocenters. The molecule has 0 spiro atoms. The molecule has 0 N–H and O–H groups in total. The van der Waals surface area contributed by atoms with Crippen molar-refractivity contribution in [1.82, 2.24) is 0 Å². The van der Waals surface area contributed by atoms with Crippen molar-refractivity contribution in [2.45, 2.75) is 309 Å². The maximum atomic E-state index is 12.7. The van der Waals surface area contributed by atoms with E-state index in [0.29, 0.717) is 19.3 Å². The van der Waals surface area contributed by atoms with Gasteiger partial charge in [0.2, 0.25) is 0 Å². The number of hydrogen-bond donors (Lipinski definition) is 0. The first-order chi connectivity index (χ1) is 33.0. The minimum Gasteiger partial charge on any atom is -0.462 e. The van der Waals surface area contributed by atoms with Crippen molar-refractivity contribution in [3.05, 3.63) is 48.6 Å². The van der Waals surface area contributed by atoms with Crippen LogP contribution in [0.15, 0.2) is 48.6 Å². The Morgan fingerprint density at radius 3 is 0.896 bits per heavy atom. The highest BCUT2D eigenvalue weighted by Crippen LogP contribution is 2.16. The Kier molecular flexibility index (Phi) is 53.8. The highest BCUT2D eigenvalue weighted by Gasteiger charge is 2.19. The zero-order valence-electron chi connectivity index (χ0n) is 44.7. The van der Waals surface area contributed by atoms with Gasteiger partial charge in [-0.05, 0) is 77.0 Å². The van der Waals surface area contributed by atoms with Crippen LogP contribution in [0, 0.1) is 0 Å². The van der Waals surface area contributed by atoms with Gasteiger partial charge in [-0.3, -0.25) is 14.4 Å². The van der Waals surface area contributed by atoms with Crippen LogP contribution in [0.2, 0.25) is 0 Å². The Labute approximate surface area is 416 Å². The Hall–Kier alpha value is -2.63. The minimum atomic E-state index is -0.769. The topological polar surface area (TPSA) is 78.9 Å². The standard InChI is InChI=1S/C61H110O6/c1-4-7-10-13-15-17-19-20-21-22-23-24-25-26-27-28-29-30-31-32-33-34-35-36-37-38-39-40-42-43-45-48-51-54-60(63)66-57-58(56-65-59(62)53-50-47-12-9-6-3)67-61(64)55-52-49-46-44-41-18-16-14-11-8-5-2/h14,16,19-20,22-23,25-26,58H,4-13,15,17-18,21,24,27-57H2,1-3H3/b16-14-,20-19-,23-22-,26-25-. The quantitative estimate of drug-likeness (QED) is 0.0262. The van der Waals surface area contributed by atoms with Crippen molar-refractivity contribution in [3.8, 4) is 0 Å². The number of hydrogen-bond acceptors (Lipinski definition) is 6. The second kappa shape index (κ2) is 56.0. The molecular formula is C61H110O6. The third-order valence-corrected chi connectivity index (χ3v) is 12.8. The molecule has 1 unspecified atom stereocenters. The number of rotatable bonds is 53. The van der Waals surface area contributed by atoms with Gasteiger partial charge in [0.15, 0.2) is 6.10 Å². The number of carbonyl (C=O) groups is 3. The number of unbranched alkanes of at least 4 members (excludes halogenated alkanes) is 34. The minimum absolute atomic E-state index is 0.0737. The molecule has 0 saturated carbocycles. The zero-order valence-corrected chi connectivity index (χ0v) is 44.7. The molecule has 0 aliphatic heterocycles. The van der Waals surface area contributed by atoms with E-state index in [0.717, 1.165) is 89.9 Å². The number of ether oxygens (including phenoxy) is 3. The average Bonchev–Trinajstić information content (AvgIpc) is 3.33. The van der Waals surface area contributed by atoms with Crippen molar-refractivity contribution in [2.24, 2.45) is 0 Å². The van der Waals surface area contributed by atoms with Crippen LogP contribution in [0.1, 0.15) is 303 Å². The molecule has 0 bridgehead atoms. The van der Waals surface area contributed by atoms with E-state index in [1.54, 1.807) is 0 Å². The van der Waals surface area contributed by atoms with E-state index < -0.39 is 6.10 Å². The van der Waals surface area contributed by atoms with Gasteiger partial charge in [-0.1, -0.05) is 256 Å². The molecular weight excluding hydrogens is 829 g/mol. The molecule has 0 saturated heterocycles. The van der Waals surface area contributed by atoms with E-state index in [-0.39, 0.29) is 31.1 Å². The lowest BCUT2D eigenvalue weighted by atomic mass is 10.0. The maximum absolute atomic E-state index is 12.7. The first-order valence-electron chi connectivity index (χ1n) is 29.1. The van der Waals surface area contributed by atoms with Crippen molar-refractivity contribution in [1.29, 1.82) is 0 Å². The van der Waals surface area contributed by atoms with E-state index >= 15 is 0 Å². The second-order valence-electron chi connectivity index (χ2n) is 19.6. The molecule has 0 aliphatic carbocycles. The Morgan fingerprint density at radius 1 is 0.299 bits per heavy atom. The van der Waals surface area contributed by atoms with Gasteiger partial charge in [0.05, 0.1) is 0 Å². The van der Waals surface area contributed by atoms with Crippen LogP contribution in [0.3, 0.4) is 0 Å². The molecule has 0 fully saturated rings. The van der Waals surface area contributed by atoms with Crippen LogP contribution in [-0.2, 0) is 28.6 Å². The summed E-state index contributed by atoms with van der Waals surface area (Å²) in [4.78, 5) is 37.6. The summed E-state index contributed by atoms with van der Waals surface area (Å²) < 4.78 is 16.7. The van der Waals surface area contributed by atoms with Gasteiger partial charge >= 0.3 is 17.9 Å². The Morgan fingerprint density at radius 2 is 0.552 bits per heavy atom. The van der Waals surface area contributed by atoms with Gasteiger partial charge in [-0.2, -0.15) is 0 Å². The van der Waals surface area contributed by atoms with E-state index in [1.165, 1.54) is 173 Å². The molecule has 0 amide bonds. The van der Waals surface area contributed by atoms with Crippen LogP contribution in [0.4, 0.5) is 0 Å². The molecule has 67 heavy (non-hydrogen) atoms. The molecule has 0 heterocycles. The predicted octanol–water partition coefficient (Wildman–Crippen LogP) is 19.4. The molecule has 390 valence electrons. The predicted molar refractivity (Wildman–Crippen MR) is 289 cm³/mol. The smallest absolute Gasteiger partial charge is 0.306 e. The maximum Gasteiger partial charge on any atom is 0.306 e. The van der Waals surface area contributed by atoms with Gasteiger partial charge in [-0.15, -0.1) is 0 Å². The number of carbonyl (C=O) groups excluding carboxylic acids is 3. The molecule has 0 radical (unpaired) electrons. The monoisotopic (exact) mass is 939 g/mol. The molecule has 6 nitrogen and oxygen atoms in total. The fraction of sp³-hybridized carbons (Fsp3) is 0.820. The Balaban J connectivity index is 3.87. The van der Waals surface area contributed by atoms with Gasteiger partial charge in [0, 0.05) is 19.3 Å². The Bertz CT molecular complexity index is 1170. The van der Waals surface area contributed by atoms with Crippen LogP contribution >= 0.6 is 0 Å². The molecule has 0 rings (SSSR count). The van der Waals surface area contributed by atoms with E-state index in [1.807, 2.05) is 0 Å². The second-order valence-corrected chi connectivity index (χ2v) is 19.6. The van der Waals surface area contributed by atoms with Gasteiger partial charge in [0.25, 0.3) is 0 Å². The third kappa shape index (κ3) is 54.2. The summed E-state index contributed by atoms with van der Waals surface area (Å²) in [5, 5.41) is 0. The zero-order chi connectivity index (χ0) is 48.6. The van der Waals surface area contributed by atoms with Crippen LogP contribution < -0.4 is 0 Å². The van der Waals surface area contributed by atoms with E-state index in [2.05, 4.69) is 69.4 Å². The van der Waals surface area contributed by atoms with Crippen LogP contribution in [-0.4, -0.2) is 37.2 Å². The molecule has 6 heteroatoms. The number of allylic oxidation sites excluding steroid dienone is 8. The van der Waals surface area contributed by atoms with Gasteiger partial charge < -0.3 is 14.2 Å².